The molecule has 190 valence electrons. The molecule has 0 saturated heterocycles. The van der Waals surface area contributed by atoms with Gasteiger partial charge < -0.3 is 0 Å². The molecule has 9 rings (SSSR count). The van der Waals surface area contributed by atoms with E-state index in [1.165, 1.54) is 85.9 Å². The lowest BCUT2D eigenvalue weighted by Gasteiger charge is -2.14. The Kier molecular flexibility index (Phi) is 4.87. The average molecular weight is 537 g/mol. The molecule has 0 saturated carbocycles. The second-order valence-corrected chi connectivity index (χ2v) is 12.0. The van der Waals surface area contributed by atoms with E-state index >= 15 is 0 Å². The van der Waals surface area contributed by atoms with Crippen LogP contribution in [-0.4, -0.2) is 0 Å². The third-order valence-corrected chi connectivity index (χ3v) is 9.76. The van der Waals surface area contributed by atoms with Gasteiger partial charge in [-0.2, -0.15) is 0 Å². The first kappa shape index (κ1) is 22.8. The predicted octanol–water partition coefficient (Wildman–Crippen LogP) is 12.0. The van der Waals surface area contributed by atoms with Crippen molar-refractivity contribution in [2.24, 2.45) is 0 Å². The highest BCUT2D eigenvalue weighted by Gasteiger charge is 2.14. The zero-order chi connectivity index (χ0) is 26.9. The maximum Gasteiger partial charge on any atom is 0.0355 e. The van der Waals surface area contributed by atoms with Crippen LogP contribution in [0.25, 0.3) is 85.9 Å². The summed E-state index contributed by atoms with van der Waals surface area (Å²) in [6, 6.07) is 53.8. The van der Waals surface area contributed by atoms with E-state index in [9.17, 15) is 0 Å². The molecule has 9 aromatic rings. The normalized spacial score (nSPS) is 11.9. The number of hydrogen-bond donors (Lipinski definition) is 0. The molecule has 0 spiro atoms. The van der Waals surface area contributed by atoms with Crippen LogP contribution in [0, 0.1) is 0 Å². The Hall–Kier alpha value is -4.98. The molecule has 0 atom stereocenters. The third-order valence-electron chi connectivity index (χ3n) is 8.61. The van der Waals surface area contributed by atoms with E-state index in [4.69, 9.17) is 0 Å². The summed E-state index contributed by atoms with van der Waals surface area (Å²) >= 11 is 1.88. The summed E-state index contributed by atoms with van der Waals surface area (Å²) in [7, 11) is 0. The van der Waals surface area contributed by atoms with Crippen molar-refractivity contribution in [2.45, 2.75) is 0 Å². The molecule has 0 bridgehead atoms. The molecule has 1 heterocycles. The predicted molar refractivity (Wildman–Crippen MR) is 179 cm³/mol. The summed E-state index contributed by atoms with van der Waals surface area (Å²) in [5.74, 6) is 0. The van der Waals surface area contributed by atoms with Crippen molar-refractivity contribution in [3.8, 4) is 33.4 Å². The number of hydrogen-bond acceptors (Lipinski definition) is 1. The molecule has 41 heavy (non-hydrogen) atoms. The van der Waals surface area contributed by atoms with Crippen LogP contribution in [0.3, 0.4) is 0 Å². The Morgan fingerprint density at radius 3 is 1.66 bits per heavy atom. The Bertz CT molecular complexity index is 2390. The van der Waals surface area contributed by atoms with Gasteiger partial charge in [0.2, 0.25) is 0 Å². The summed E-state index contributed by atoms with van der Waals surface area (Å²) in [5.41, 5.74) is 7.55. The lowest BCUT2D eigenvalue weighted by molar-refractivity contribution is 1.60. The summed E-state index contributed by atoms with van der Waals surface area (Å²) in [5, 5.41) is 10.6. The van der Waals surface area contributed by atoms with Crippen molar-refractivity contribution >= 4 is 63.8 Å². The first-order chi connectivity index (χ1) is 20.3. The number of thiophene rings is 1. The number of benzene rings is 8. The first-order valence-electron chi connectivity index (χ1n) is 14.1. The molecule has 0 nitrogen and oxygen atoms in total. The van der Waals surface area contributed by atoms with E-state index < -0.39 is 0 Å². The van der Waals surface area contributed by atoms with Crippen LogP contribution in [0.1, 0.15) is 0 Å². The lowest BCUT2D eigenvalue weighted by atomic mass is 9.89. The summed E-state index contributed by atoms with van der Waals surface area (Å²) in [6.07, 6.45) is 0. The van der Waals surface area contributed by atoms with Gasteiger partial charge in [-0.15, -0.1) is 11.3 Å². The number of rotatable bonds is 3. The maximum atomic E-state index is 2.41. The highest BCUT2D eigenvalue weighted by atomic mass is 32.1. The summed E-state index contributed by atoms with van der Waals surface area (Å²) < 4.78 is 2.66. The topological polar surface area (TPSA) is 0 Å². The SMILES string of the molecule is c1ccc(-c2cccc(-c3ccc4sc5ccc(-c6ccc7ccc8cccc9ccc6c7c89)cc5c4c3)c2)cc1. The number of fused-ring (bicyclic) bond motifs is 3. The van der Waals surface area contributed by atoms with Crippen LogP contribution < -0.4 is 0 Å². The Morgan fingerprint density at radius 2 is 0.878 bits per heavy atom. The molecule has 0 radical (unpaired) electrons. The average Bonchev–Trinajstić information content (AvgIpc) is 3.41. The van der Waals surface area contributed by atoms with Crippen molar-refractivity contribution in [1.82, 2.24) is 0 Å². The third kappa shape index (κ3) is 3.53. The molecule has 0 amide bonds. The first-order valence-corrected chi connectivity index (χ1v) is 14.9. The summed E-state index contributed by atoms with van der Waals surface area (Å²) in [6.45, 7) is 0. The van der Waals surface area contributed by atoms with Gasteiger partial charge >= 0.3 is 0 Å². The molecule has 0 unspecified atom stereocenters. The highest BCUT2D eigenvalue weighted by Crippen LogP contribution is 2.42. The van der Waals surface area contributed by atoms with E-state index in [-0.39, 0.29) is 0 Å². The lowest BCUT2D eigenvalue weighted by Crippen LogP contribution is -1.87. The standard InChI is InChI=1S/C40H24S/c1-2-6-25(7-3-1)29-10-5-11-30(22-29)31-16-20-37-35(23-31)36-24-32(17-21-38(36)41-37)33-18-14-28-13-12-26-8-4-9-27-15-19-34(33)40(28)39(26)27/h1-24H. The molecule has 8 aromatic carbocycles. The van der Waals surface area contributed by atoms with Gasteiger partial charge in [0.1, 0.15) is 0 Å². The highest BCUT2D eigenvalue weighted by molar-refractivity contribution is 7.25. The van der Waals surface area contributed by atoms with Crippen LogP contribution >= 0.6 is 11.3 Å². The van der Waals surface area contributed by atoms with Crippen LogP contribution in [0.15, 0.2) is 146 Å². The van der Waals surface area contributed by atoms with Crippen LogP contribution in [0.4, 0.5) is 0 Å². The van der Waals surface area contributed by atoms with Crippen molar-refractivity contribution in [3.05, 3.63) is 146 Å². The minimum atomic E-state index is 1.24. The van der Waals surface area contributed by atoms with Gasteiger partial charge in [-0.1, -0.05) is 115 Å². The fraction of sp³-hybridized carbons (Fsp3) is 0. The second kappa shape index (κ2) is 8.76. The van der Waals surface area contributed by atoms with Gasteiger partial charge in [-0.05, 0) is 96.0 Å². The van der Waals surface area contributed by atoms with Crippen LogP contribution in [0.2, 0.25) is 0 Å². The molecule has 0 aliphatic heterocycles. The van der Waals surface area contributed by atoms with Gasteiger partial charge in [0.15, 0.2) is 0 Å². The van der Waals surface area contributed by atoms with Crippen molar-refractivity contribution in [3.63, 3.8) is 0 Å². The van der Waals surface area contributed by atoms with Crippen molar-refractivity contribution in [2.75, 3.05) is 0 Å². The fourth-order valence-corrected chi connectivity index (χ4v) is 7.69. The van der Waals surface area contributed by atoms with Crippen LogP contribution in [-0.2, 0) is 0 Å². The molecule has 1 aromatic heterocycles. The molecule has 0 aliphatic rings. The van der Waals surface area contributed by atoms with E-state index in [0.29, 0.717) is 0 Å². The fourth-order valence-electron chi connectivity index (χ4n) is 6.62. The van der Waals surface area contributed by atoms with E-state index in [1.54, 1.807) is 0 Å². The summed E-state index contributed by atoms with van der Waals surface area (Å²) in [4.78, 5) is 0. The zero-order valence-corrected chi connectivity index (χ0v) is 23.1. The minimum Gasteiger partial charge on any atom is -0.135 e. The van der Waals surface area contributed by atoms with E-state index in [0.717, 1.165) is 0 Å². The largest absolute Gasteiger partial charge is 0.135 e. The molecular weight excluding hydrogens is 513 g/mol. The Morgan fingerprint density at radius 1 is 0.317 bits per heavy atom. The van der Waals surface area contributed by atoms with Crippen molar-refractivity contribution in [1.29, 1.82) is 0 Å². The maximum absolute atomic E-state index is 2.41. The monoisotopic (exact) mass is 536 g/mol. The van der Waals surface area contributed by atoms with Gasteiger partial charge in [-0.25, -0.2) is 0 Å². The molecule has 0 fully saturated rings. The molecule has 0 N–H and O–H groups in total. The smallest absolute Gasteiger partial charge is 0.0355 e. The molecule has 0 aliphatic carbocycles. The quantitative estimate of drug-likeness (QED) is 0.197. The molecule has 1 heteroatoms. The van der Waals surface area contributed by atoms with Gasteiger partial charge in [0.05, 0.1) is 0 Å². The van der Waals surface area contributed by atoms with Crippen LogP contribution in [0.5, 0.6) is 0 Å². The van der Waals surface area contributed by atoms with Crippen molar-refractivity contribution < 1.29 is 0 Å². The minimum absolute atomic E-state index is 1.24. The zero-order valence-electron chi connectivity index (χ0n) is 22.3. The Labute approximate surface area is 242 Å². The van der Waals surface area contributed by atoms with Gasteiger partial charge in [0, 0.05) is 20.2 Å². The Balaban J connectivity index is 1.22. The van der Waals surface area contributed by atoms with Gasteiger partial charge in [-0.3, -0.25) is 0 Å². The van der Waals surface area contributed by atoms with E-state index in [1.807, 2.05) is 11.3 Å². The molecular formula is C40H24S. The second-order valence-electron chi connectivity index (χ2n) is 10.9. The van der Waals surface area contributed by atoms with E-state index in [2.05, 4.69) is 146 Å². The van der Waals surface area contributed by atoms with Gasteiger partial charge in [0.25, 0.3) is 0 Å².